The summed E-state index contributed by atoms with van der Waals surface area (Å²) in [5, 5.41) is 2.16. The van der Waals surface area contributed by atoms with Gasteiger partial charge in [-0.1, -0.05) is 15.9 Å². The van der Waals surface area contributed by atoms with Crippen molar-refractivity contribution in [2.45, 2.75) is 18.9 Å². The molecule has 0 heterocycles. The summed E-state index contributed by atoms with van der Waals surface area (Å²) in [6.45, 7) is 0.474. The zero-order valence-corrected chi connectivity index (χ0v) is 12.0. The van der Waals surface area contributed by atoms with Gasteiger partial charge in [-0.2, -0.15) is 0 Å². The third-order valence-corrected chi connectivity index (χ3v) is 2.91. The van der Waals surface area contributed by atoms with Crippen LogP contribution in [0.3, 0.4) is 0 Å². The van der Waals surface area contributed by atoms with Crippen LogP contribution in [0.1, 0.15) is 12.8 Å². The largest absolute Gasteiger partial charge is 0.385 e. The second-order valence-corrected chi connectivity index (χ2v) is 4.89. The molecule has 1 aromatic rings. The number of rotatable bonds is 6. The van der Waals surface area contributed by atoms with Gasteiger partial charge in [0.2, 0.25) is 5.91 Å². The monoisotopic (exact) mass is 336 g/mol. The van der Waals surface area contributed by atoms with Crippen molar-refractivity contribution in [3.05, 3.63) is 28.2 Å². The van der Waals surface area contributed by atoms with Crippen molar-refractivity contribution >= 4 is 27.5 Å². The molecule has 3 N–H and O–H groups in total. The average Bonchev–Trinajstić information content (AvgIpc) is 2.33. The van der Waals surface area contributed by atoms with E-state index in [0.29, 0.717) is 19.4 Å². The SMILES string of the molecule is COCCCC(N)C(=O)Nc1c(F)cc(Br)cc1F. The predicted octanol–water partition coefficient (Wildman–Crippen LogP) is 2.42. The van der Waals surface area contributed by atoms with Gasteiger partial charge in [-0.25, -0.2) is 8.78 Å². The van der Waals surface area contributed by atoms with Gasteiger partial charge in [0.1, 0.15) is 5.69 Å². The number of nitrogens with two attached hydrogens (primary N) is 1. The number of hydrogen-bond donors (Lipinski definition) is 2. The lowest BCUT2D eigenvalue weighted by Gasteiger charge is -2.13. The zero-order valence-electron chi connectivity index (χ0n) is 10.4. The van der Waals surface area contributed by atoms with Crippen LogP contribution in [-0.2, 0) is 9.53 Å². The maximum Gasteiger partial charge on any atom is 0.241 e. The Morgan fingerprint density at radius 2 is 2.05 bits per heavy atom. The second kappa shape index (κ2) is 7.52. The van der Waals surface area contributed by atoms with Crippen LogP contribution in [0.5, 0.6) is 0 Å². The quantitative estimate of drug-likeness (QED) is 0.784. The molecule has 0 saturated carbocycles. The van der Waals surface area contributed by atoms with Gasteiger partial charge in [0, 0.05) is 18.2 Å². The number of halogens is 3. The molecule has 7 heteroatoms. The lowest BCUT2D eigenvalue weighted by molar-refractivity contribution is -0.117. The molecule has 1 unspecified atom stereocenters. The summed E-state index contributed by atoms with van der Waals surface area (Å²) in [5.74, 6) is -2.34. The lowest BCUT2D eigenvalue weighted by Crippen LogP contribution is -2.36. The lowest BCUT2D eigenvalue weighted by atomic mass is 10.1. The smallest absolute Gasteiger partial charge is 0.241 e. The van der Waals surface area contributed by atoms with E-state index in [-0.39, 0.29) is 4.47 Å². The number of hydrogen-bond acceptors (Lipinski definition) is 3. The number of ether oxygens (including phenoxy) is 1. The van der Waals surface area contributed by atoms with Crippen molar-refractivity contribution in [2.75, 3.05) is 19.0 Å². The molecule has 0 aliphatic carbocycles. The molecule has 0 spiro atoms. The Kier molecular flexibility index (Phi) is 6.33. The first-order valence-electron chi connectivity index (χ1n) is 5.65. The summed E-state index contributed by atoms with van der Waals surface area (Å²) in [6.07, 6.45) is 0.968. The summed E-state index contributed by atoms with van der Waals surface area (Å²) in [6, 6.07) is 1.29. The molecule has 19 heavy (non-hydrogen) atoms. The zero-order chi connectivity index (χ0) is 14.4. The van der Waals surface area contributed by atoms with E-state index >= 15 is 0 Å². The summed E-state index contributed by atoms with van der Waals surface area (Å²) in [7, 11) is 1.54. The van der Waals surface area contributed by atoms with Gasteiger partial charge < -0.3 is 15.8 Å². The molecule has 0 bridgehead atoms. The number of methoxy groups -OCH3 is 1. The van der Waals surface area contributed by atoms with E-state index in [4.69, 9.17) is 10.5 Å². The molecule has 106 valence electrons. The minimum Gasteiger partial charge on any atom is -0.385 e. The van der Waals surface area contributed by atoms with E-state index in [9.17, 15) is 13.6 Å². The van der Waals surface area contributed by atoms with Gasteiger partial charge in [-0.15, -0.1) is 0 Å². The standard InChI is InChI=1S/C12H15BrF2N2O2/c1-19-4-2-3-10(16)12(18)17-11-8(14)5-7(13)6-9(11)15/h5-6,10H,2-4,16H2,1H3,(H,17,18). The van der Waals surface area contributed by atoms with Crippen molar-refractivity contribution in [1.29, 1.82) is 0 Å². The fraction of sp³-hybridized carbons (Fsp3) is 0.417. The molecule has 0 aliphatic heterocycles. The molecule has 1 atom stereocenters. The molecule has 0 aromatic heterocycles. The van der Waals surface area contributed by atoms with Crippen LogP contribution in [0.4, 0.5) is 14.5 Å². The second-order valence-electron chi connectivity index (χ2n) is 3.98. The summed E-state index contributed by atoms with van der Waals surface area (Å²) >= 11 is 2.95. The van der Waals surface area contributed by atoms with E-state index in [1.807, 2.05) is 0 Å². The third-order valence-electron chi connectivity index (χ3n) is 2.46. The molecule has 1 rings (SSSR count). The van der Waals surface area contributed by atoms with Gasteiger partial charge >= 0.3 is 0 Å². The van der Waals surface area contributed by atoms with Gasteiger partial charge in [0.15, 0.2) is 11.6 Å². The van der Waals surface area contributed by atoms with Crippen LogP contribution in [0, 0.1) is 11.6 Å². The number of carbonyl (C=O) groups is 1. The van der Waals surface area contributed by atoms with Crippen LogP contribution in [0.15, 0.2) is 16.6 Å². The number of benzene rings is 1. The maximum absolute atomic E-state index is 13.5. The van der Waals surface area contributed by atoms with Gasteiger partial charge in [0.25, 0.3) is 0 Å². The third kappa shape index (κ3) is 4.85. The number of nitrogens with one attached hydrogen (secondary N) is 1. The number of carbonyl (C=O) groups excluding carboxylic acids is 1. The Labute approximate surface area is 118 Å². The Bertz CT molecular complexity index is 434. The summed E-state index contributed by atoms with van der Waals surface area (Å²) < 4.78 is 32.1. The highest BCUT2D eigenvalue weighted by atomic mass is 79.9. The van der Waals surface area contributed by atoms with Crippen LogP contribution in [0.2, 0.25) is 0 Å². The summed E-state index contributed by atoms with van der Waals surface area (Å²) in [5.41, 5.74) is 5.12. The van der Waals surface area contributed by atoms with Gasteiger partial charge in [0.05, 0.1) is 6.04 Å². The molecular weight excluding hydrogens is 322 g/mol. The molecule has 0 radical (unpaired) electrons. The van der Waals surface area contributed by atoms with Crippen molar-refractivity contribution in [1.82, 2.24) is 0 Å². The van der Waals surface area contributed by atoms with E-state index in [0.717, 1.165) is 12.1 Å². The maximum atomic E-state index is 13.5. The van der Waals surface area contributed by atoms with Crippen molar-refractivity contribution in [3.8, 4) is 0 Å². The van der Waals surface area contributed by atoms with Crippen LogP contribution >= 0.6 is 15.9 Å². The van der Waals surface area contributed by atoms with Crippen molar-refractivity contribution < 1.29 is 18.3 Å². The van der Waals surface area contributed by atoms with Crippen LogP contribution < -0.4 is 11.1 Å². The fourth-order valence-corrected chi connectivity index (χ4v) is 1.86. The van der Waals surface area contributed by atoms with E-state index in [1.54, 1.807) is 0 Å². The molecular formula is C12H15BrF2N2O2. The Hall–Kier alpha value is -1.05. The van der Waals surface area contributed by atoms with Gasteiger partial charge in [-0.3, -0.25) is 4.79 Å². The molecule has 1 aromatic carbocycles. The van der Waals surface area contributed by atoms with E-state index in [1.165, 1.54) is 7.11 Å². The minimum absolute atomic E-state index is 0.255. The van der Waals surface area contributed by atoms with E-state index in [2.05, 4.69) is 21.2 Å². The Morgan fingerprint density at radius 1 is 1.47 bits per heavy atom. The molecule has 1 amide bonds. The summed E-state index contributed by atoms with van der Waals surface area (Å²) in [4.78, 5) is 11.7. The molecule has 0 saturated heterocycles. The average molecular weight is 337 g/mol. The topological polar surface area (TPSA) is 64.3 Å². The highest BCUT2D eigenvalue weighted by Crippen LogP contribution is 2.23. The highest BCUT2D eigenvalue weighted by molar-refractivity contribution is 9.10. The number of anilines is 1. The Balaban J connectivity index is 2.66. The molecule has 4 nitrogen and oxygen atoms in total. The van der Waals surface area contributed by atoms with Crippen LogP contribution in [0.25, 0.3) is 0 Å². The molecule has 0 aliphatic rings. The normalized spacial score (nSPS) is 12.3. The van der Waals surface area contributed by atoms with Crippen molar-refractivity contribution in [3.63, 3.8) is 0 Å². The van der Waals surface area contributed by atoms with Crippen LogP contribution in [-0.4, -0.2) is 25.7 Å². The highest BCUT2D eigenvalue weighted by Gasteiger charge is 2.18. The van der Waals surface area contributed by atoms with Crippen molar-refractivity contribution in [2.24, 2.45) is 5.73 Å². The Morgan fingerprint density at radius 3 is 2.58 bits per heavy atom. The minimum atomic E-state index is -0.857. The van der Waals surface area contributed by atoms with E-state index < -0.39 is 29.3 Å². The first kappa shape index (κ1) is 16.0. The fourth-order valence-electron chi connectivity index (χ4n) is 1.46. The first-order valence-corrected chi connectivity index (χ1v) is 6.45. The number of amides is 1. The van der Waals surface area contributed by atoms with Gasteiger partial charge in [-0.05, 0) is 25.0 Å². The predicted molar refractivity (Wildman–Crippen MR) is 71.8 cm³/mol. The molecule has 0 fully saturated rings. The first-order chi connectivity index (χ1) is 8.95.